The predicted molar refractivity (Wildman–Crippen MR) is 88.9 cm³/mol. The molecule has 0 bridgehead atoms. The molecule has 0 fully saturated rings. The van der Waals surface area contributed by atoms with E-state index in [1.807, 2.05) is 24.3 Å². The molecule has 0 N–H and O–H groups in total. The molecule has 22 heavy (non-hydrogen) atoms. The number of hydrogen-bond acceptors (Lipinski definition) is 3. The van der Waals surface area contributed by atoms with Crippen molar-refractivity contribution in [3.8, 4) is 0 Å². The topological polar surface area (TPSA) is 46.6 Å². The van der Waals surface area contributed by atoms with Crippen LogP contribution in [0.1, 0.15) is 19.4 Å². The van der Waals surface area contributed by atoms with E-state index in [2.05, 4.69) is 22.0 Å². The lowest BCUT2D eigenvalue weighted by Crippen LogP contribution is -2.39. The van der Waals surface area contributed by atoms with Crippen LogP contribution >= 0.6 is 15.9 Å². The largest absolute Gasteiger partial charge is 0.464 e. The molecule has 2 aromatic rings. The Kier molecular flexibility index (Phi) is 3.91. The van der Waals surface area contributed by atoms with Crippen LogP contribution in [0, 0.1) is 0 Å². The number of anilines is 1. The van der Waals surface area contributed by atoms with Crippen LogP contribution in [0.15, 0.2) is 34.8 Å². The molecule has 1 heterocycles. The highest BCUT2D eigenvalue weighted by molar-refractivity contribution is 9.10. The normalized spacial score (nSPS) is 16.7. The summed E-state index contributed by atoms with van der Waals surface area (Å²) >= 11 is 3.55. The zero-order valence-electron chi connectivity index (χ0n) is 12.4. The van der Waals surface area contributed by atoms with Crippen LogP contribution in [0.25, 0.3) is 10.8 Å². The summed E-state index contributed by atoms with van der Waals surface area (Å²) in [5, 5.41) is 2.10. The van der Waals surface area contributed by atoms with E-state index in [1.54, 1.807) is 11.8 Å². The number of benzene rings is 2. The summed E-state index contributed by atoms with van der Waals surface area (Å²) in [7, 11) is 0. The highest BCUT2D eigenvalue weighted by Gasteiger charge is 2.34. The molecule has 4 nitrogen and oxygen atoms in total. The van der Waals surface area contributed by atoms with Gasteiger partial charge in [0.2, 0.25) is 5.91 Å². The molecule has 1 unspecified atom stereocenters. The summed E-state index contributed by atoms with van der Waals surface area (Å²) in [6, 6.07) is 9.93. The van der Waals surface area contributed by atoms with Crippen molar-refractivity contribution in [2.45, 2.75) is 26.3 Å². The van der Waals surface area contributed by atoms with Gasteiger partial charge < -0.3 is 9.64 Å². The van der Waals surface area contributed by atoms with Gasteiger partial charge in [-0.25, -0.2) is 0 Å². The van der Waals surface area contributed by atoms with Gasteiger partial charge in [0.05, 0.1) is 11.7 Å². The second-order valence-electron chi connectivity index (χ2n) is 5.46. The quantitative estimate of drug-likeness (QED) is 0.769. The standard InChI is InChI=1S/C17H16BrNO3/c1-10(20)19-13(9-22-11(2)21)8-12-6-7-14-15(17(12)19)4-3-5-16(14)18/h3-7,13H,8-9H2,1-2H3. The van der Waals surface area contributed by atoms with Gasteiger partial charge >= 0.3 is 5.97 Å². The molecule has 1 aliphatic heterocycles. The van der Waals surface area contributed by atoms with E-state index in [0.29, 0.717) is 6.42 Å². The number of hydrogen-bond donors (Lipinski definition) is 0. The average molecular weight is 362 g/mol. The maximum absolute atomic E-state index is 12.2. The van der Waals surface area contributed by atoms with Crippen molar-refractivity contribution in [3.63, 3.8) is 0 Å². The van der Waals surface area contributed by atoms with Gasteiger partial charge in [0, 0.05) is 23.7 Å². The fourth-order valence-electron chi connectivity index (χ4n) is 3.09. The number of esters is 1. The molecule has 2 aromatic carbocycles. The number of fused-ring (bicyclic) bond motifs is 3. The zero-order valence-corrected chi connectivity index (χ0v) is 14.0. The van der Waals surface area contributed by atoms with Crippen LogP contribution in [0.3, 0.4) is 0 Å². The molecule has 0 radical (unpaired) electrons. The third-order valence-electron chi connectivity index (χ3n) is 3.94. The second kappa shape index (κ2) is 5.72. The van der Waals surface area contributed by atoms with Crippen LogP contribution in [0.2, 0.25) is 0 Å². The van der Waals surface area contributed by atoms with E-state index in [1.165, 1.54) is 6.92 Å². The van der Waals surface area contributed by atoms with Gasteiger partial charge in [-0.05, 0) is 23.4 Å². The average Bonchev–Trinajstić information content (AvgIpc) is 2.84. The minimum absolute atomic E-state index is 0.0385. The van der Waals surface area contributed by atoms with Crippen LogP contribution < -0.4 is 4.90 Å². The van der Waals surface area contributed by atoms with Gasteiger partial charge in [-0.1, -0.05) is 40.2 Å². The molecule has 1 atom stereocenters. The van der Waals surface area contributed by atoms with Gasteiger partial charge in [0.25, 0.3) is 0 Å². The second-order valence-corrected chi connectivity index (χ2v) is 6.31. The summed E-state index contributed by atoms with van der Waals surface area (Å²) in [5.74, 6) is -0.365. The number of rotatable bonds is 2. The van der Waals surface area contributed by atoms with Crippen molar-refractivity contribution in [1.29, 1.82) is 0 Å². The zero-order chi connectivity index (χ0) is 15.9. The summed E-state index contributed by atoms with van der Waals surface area (Å²) in [6.45, 7) is 3.15. The van der Waals surface area contributed by atoms with Gasteiger partial charge in [-0.15, -0.1) is 0 Å². The number of carbonyl (C=O) groups is 2. The third-order valence-corrected chi connectivity index (χ3v) is 4.63. The van der Waals surface area contributed by atoms with Crippen molar-refractivity contribution < 1.29 is 14.3 Å². The van der Waals surface area contributed by atoms with E-state index in [9.17, 15) is 9.59 Å². The first-order valence-corrected chi connectivity index (χ1v) is 7.91. The van der Waals surface area contributed by atoms with Crippen molar-refractivity contribution in [3.05, 3.63) is 40.4 Å². The van der Waals surface area contributed by atoms with Crippen LogP contribution in [-0.2, 0) is 20.7 Å². The molecule has 1 amide bonds. The number of ether oxygens (including phenoxy) is 1. The van der Waals surface area contributed by atoms with Gasteiger partial charge in [0.15, 0.2) is 0 Å². The molecule has 5 heteroatoms. The maximum atomic E-state index is 12.2. The first kappa shape index (κ1) is 15.0. The van der Waals surface area contributed by atoms with Crippen molar-refractivity contribution in [1.82, 2.24) is 0 Å². The highest BCUT2D eigenvalue weighted by Crippen LogP contribution is 2.40. The van der Waals surface area contributed by atoms with Gasteiger partial charge in [0.1, 0.15) is 6.61 Å². The number of carbonyl (C=O) groups excluding carboxylic acids is 2. The Morgan fingerprint density at radius 2 is 2.00 bits per heavy atom. The Bertz CT molecular complexity index is 772. The van der Waals surface area contributed by atoms with E-state index in [-0.39, 0.29) is 24.5 Å². The van der Waals surface area contributed by atoms with E-state index < -0.39 is 0 Å². The lowest BCUT2D eigenvalue weighted by molar-refractivity contribution is -0.141. The van der Waals surface area contributed by atoms with E-state index >= 15 is 0 Å². The lowest BCUT2D eigenvalue weighted by atomic mass is 10.0. The molecule has 3 rings (SSSR count). The Hall–Kier alpha value is -1.88. The number of halogens is 1. The van der Waals surface area contributed by atoms with Crippen molar-refractivity contribution in [2.24, 2.45) is 0 Å². The first-order valence-electron chi connectivity index (χ1n) is 7.12. The monoisotopic (exact) mass is 361 g/mol. The van der Waals surface area contributed by atoms with Crippen molar-refractivity contribution >= 4 is 44.3 Å². The lowest BCUT2D eigenvalue weighted by Gasteiger charge is -2.24. The molecule has 0 aliphatic carbocycles. The maximum Gasteiger partial charge on any atom is 0.302 e. The van der Waals surface area contributed by atoms with E-state index in [0.717, 1.165) is 26.5 Å². The molecular weight excluding hydrogens is 346 g/mol. The Balaban J connectivity index is 2.10. The highest BCUT2D eigenvalue weighted by atomic mass is 79.9. The molecule has 0 spiro atoms. The smallest absolute Gasteiger partial charge is 0.302 e. The molecule has 0 aromatic heterocycles. The van der Waals surface area contributed by atoms with Crippen LogP contribution in [-0.4, -0.2) is 24.5 Å². The number of amides is 1. The Labute approximate surface area is 137 Å². The van der Waals surface area contributed by atoms with Gasteiger partial charge in [-0.3, -0.25) is 9.59 Å². The van der Waals surface area contributed by atoms with Crippen molar-refractivity contribution in [2.75, 3.05) is 11.5 Å². The fraction of sp³-hybridized carbons (Fsp3) is 0.294. The molecule has 114 valence electrons. The van der Waals surface area contributed by atoms with Crippen LogP contribution in [0.5, 0.6) is 0 Å². The SMILES string of the molecule is CC(=O)OCC1Cc2ccc3c(Br)cccc3c2N1C(C)=O. The van der Waals surface area contributed by atoms with Crippen LogP contribution in [0.4, 0.5) is 5.69 Å². The third kappa shape index (κ3) is 2.50. The Morgan fingerprint density at radius 3 is 2.68 bits per heavy atom. The van der Waals surface area contributed by atoms with Gasteiger partial charge in [-0.2, -0.15) is 0 Å². The minimum atomic E-state index is -0.327. The predicted octanol–water partition coefficient (Wildman–Crippen LogP) is 3.44. The Morgan fingerprint density at radius 1 is 1.23 bits per heavy atom. The molecule has 0 saturated heterocycles. The summed E-state index contributed by atoms with van der Waals surface area (Å²) in [4.78, 5) is 25.0. The van der Waals surface area contributed by atoms with E-state index in [4.69, 9.17) is 4.74 Å². The first-order chi connectivity index (χ1) is 10.5. The molecule has 0 saturated carbocycles. The number of nitrogens with zero attached hydrogens (tertiary/aromatic N) is 1. The summed E-state index contributed by atoms with van der Waals surface area (Å²) < 4.78 is 6.13. The summed E-state index contributed by atoms with van der Waals surface area (Å²) in [6.07, 6.45) is 0.699. The minimum Gasteiger partial charge on any atom is -0.464 e. The summed E-state index contributed by atoms with van der Waals surface area (Å²) in [5.41, 5.74) is 2.04. The molecule has 1 aliphatic rings. The molecular formula is C17H16BrNO3. The fourth-order valence-corrected chi connectivity index (χ4v) is 3.59.